The summed E-state index contributed by atoms with van der Waals surface area (Å²) < 4.78 is 29.9. The Morgan fingerprint density at radius 3 is 2.04 bits per heavy atom. The predicted molar refractivity (Wildman–Crippen MR) is 80.5 cm³/mol. The minimum Gasteiger partial charge on any atom is -0.550 e. The fourth-order valence-corrected chi connectivity index (χ4v) is 3.86. The first-order chi connectivity index (χ1) is 10.6. The fourth-order valence-electron chi connectivity index (χ4n) is 2.76. The molecule has 0 fully saturated rings. The van der Waals surface area contributed by atoms with Crippen molar-refractivity contribution in [2.75, 3.05) is 0 Å². The molecule has 0 saturated carbocycles. The molecular weight excluding hydrogens is 370 g/mol. The van der Waals surface area contributed by atoms with E-state index < -0.39 is 39.1 Å². The number of unbranched alkanes of at least 4 members (excludes halogenated alkanes) is 1. The Hall–Kier alpha value is 0.590. The van der Waals surface area contributed by atoms with Crippen LogP contribution in [-0.4, -0.2) is 29.7 Å². The normalized spacial score (nSPS) is 15.6. The summed E-state index contributed by atoms with van der Waals surface area (Å²) in [5, 5.41) is 23.0. The molecule has 0 aliphatic rings. The Morgan fingerprint density at radius 1 is 1.24 bits per heavy atom. The number of carbonyl (C=O) groups excluding carboxylic acids is 2. The number of carboxylic acids is 2. The van der Waals surface area contributed by atoms with Gasteiger partial charge in [-0.25, -0.2) is 0 Å². The van der Waals surface area contributed by atoms with Crippen molar-refractivity contribution in [3.8, 4) is 0 Å². The minimum absolute atomic E-state index is 0. The molecule has 0 aliphatic heterocycles. The molecule has 3 atom stereocenters. The summed E-state index contributed by atoms with van der Waals surface area (Å²) in [6.45, 7) is 7.00. The number of rotatable bonds is 12. The van der Waals surface area contributed by atoms with E-state index in [2.05, 4.69) is 6.58 Å². The zero-order valence-corrected chi connectivity index (χ0v) is 20.3. The molecule has 0 saturated heterocycles. The third kappa shape index (κ3) is 8.01. The van der Waals surface area contributed by atoms with Crippen LogP contribution in [0.25, 0.3) is 0 Å². The molecule has 7 nitrogen and oxygen atoms in total. The average molecular weight is 394 g/mol. The fraction of sp³-hybridized carbons (Fsp3) is 0.733. The van der Waals surface area contributed by atoms with Gasteiger partial charge in [0.05, 0.1) is 5.97 Å². The van der Waals surface area contributed by atoms with Gasteiger partial charge in [-0.05, 0) is 18.8 Å². The number of aliphatic carboxylic acids is 2. The van der Waals surface area contributed by atoms with E-state index in [-0.39, 0.29) is 71.5 Å². The van der Waals surface area contributed by atoms with Gasteiger partial charge in [-0.15, -0.1) is 6.58 Å². The van der Waals surface area contributed by atoms with E-state index in [1.165, 1.54) is 0 Å². The summed E-state index contributed by atoms with van der Waals surface area (Å²) in [5.41, 5.74) is 0. The summed E-state index contributed by atoms with van der Waals surface area (Å²) in [6.07, 6.45) is 2.75. The van der Waals surface area contributed by atoms with Crippen molar-refractivity contribution < 1.29 is 91.9 Å². The number of allylic oxidation sites excluding steroid dienone is 1. The first-order valence-electron chi connectivity index (χ1n) is 7.58. The summed E-state index contributed by atoms with van der Waals surface area (Å²) in [4.78, 5) is 23.0. The molecule has 0 radical (unpaired) electrons. The van der Waals surface area contributed by atoms with E-state index >= 15 is 0 Å². The molecule has 0 aromatic carbocycles. The molecule has 0 rings (SSSR count). The van der Waals surface area contributed by atoms with Crippen LogP contribution in [0.5, 0.6) is 0 Å². The topological polar surface area (TPSA) is 135 Å². The van der Waals surface area contributed by atoms with Crippen LogP contribution in [0.2, 0.25) is 0 Å². The standard InChI is InChI=1S/C15H26O7S.2Na/c1-4-7-8-11(6-3)10-12(13(16)17)15(9-5-2,14(18)19)23(20,21)22;;/h5,11-12H,2,4,6-10H2,1,3H3,(H,16,17)(H,18,19)(H,20,21,22);;/q;2*+1/p-2. The summed E-state index contributed by atoms with van der Waals surface area (Å²) in [6, 6.07) is 0. The third-order valence-electron chi connectivity index (χ3n) is 4.21. The van der Waals surface area contributed by atoms with Gasteiger partial charge in [0.2, 0.25) is 0 Å². The van der Waals surface area contributed by atoms with Crippen molar-refractivity contribution in [2.45, 2.75) is 57.1 Å². The Morgan fingerprint density at radius 2 is 1.76 bits per heavy atom. The maximum atomic E-state index is 11.7. The van der Waals surface area contributed by atoms with E-state index in [0.29, 0.717) is 12.8 Å². The molecule has 0 aliphatic carbocycles. The summed E-state index contributed by atoms with van der Waals surface area (Å²) in [7, 11) is -5.26. The molecule has 0 spiro atoms. The maximum Gasteiger partial charge on any atom is 1.00 e. The molecule has 10 heteroatoms. The van der Waals surface area contributed by atoms with Crippen LogP contribution in [0.1, 0.15) is 52.4 Å². The van der Waals surface area contributed by atoms with Gasteiger partial charge in [0.15, 0.2) is 0 Å². The van der Waals surface area contributed by atoms with Gasteiger partial charge < -0.3 is 19.8 Å². The van der Waals surface area contributed by atoms with Crippen molar-refractivity contribution in [1.82, 2.24) is 0 Å². The van der Waals surface area contributed by atoms with Crippen molar-refractivity contribution >= 4 is 22.1 Å². The van der Waals surface area contributed by atoms with Crippen molar-refractivity contribution in [2.24, 2.45) is 11.8 Å². The first kappa shape index (κ1) is 30.3. The minimum atomic E-state index is -5.26. The summed E-state index contributed by atoms with van der Waals surface area (Å²) in [5.74, 6) is -6.14. The predicted octanol–water partition coefficient (Wildman–Crippen LogP) is -6.08. The zero-order chi connectivity index (χ0) is 18.3. The van der Waals surface area contributed by atoms with Crippen LogP contribution < -0.4 is 69.3 Å². The number of carboxylic acid groups (broad SMARTS) is 2. The smallest absolute Gasteiger partial charge is 0.550 e. The molecule has 0 amide bonds. The van der Waals surface area contributed by atoms with Crippen LogP contribution in [0.4, 0.5) is 0 Å². The van der Waals surface area contributed by atoms with Gasteiger partial charge in [-0.1, -0.05) is 45.6 Å². The van der Waals surface area contributed by atoms with Gasteiger partial charge in [0.25, 0.3) is 10.1 Å². The molecule has 0 aromatic rings. The maximum absolute atomic E-state index is 11.7. The number of hydrogen-bond acceptors (Lipinski definition) is 6. The van der Waals surface area contributed by atoms with Gasteiger partial charge in [-0.3, -0.25) is 4.55 Å². The van der Waals surface area contributed by atoms with E-state index in [1.807, 2.05) is 6.92 Å². The van der Waals surface area contributed by atoms with Gasteiger partial charge >= 0.3 is 59.1 Å². The van der Waals surface area contributed by atoms with Crippen LogP contribution in [0, 0.1) is 11.8 Å². The number of carbonyl (C=O) groups is 2. The van der Waals surface area contributed by atoms with E-state index in [9.17, 15) is 32.8 Å². The Balaban J connectivity index is -0.00000242. The second-order valence-corrected chi connectivity index (χ2v) is 7.35. The monoisotopic (exact) mass is 394 g/mol. The molecule has 0 heterocycles. The molecule has 3 unspecified atom stereocenters. The van der Waals surface area contributed by atoms with Gasteiger partial charge in [-0.2, -0.15) is 8.42 Å². The van der Waals surface area contributed by atoms with Crippen molar-refractivity contribution in [1.29, 1.82) is 0 Å². The van der Waals surface area contributed by atoms with E-state index in [0.717, 1.165) is 18.9 Å². The molecule has 134 valence electrons. The third-order valence-corrected chi connectivity index (χ3v) is 5.75. The summed E-state index contributed by atoms with van der Waals surface area (Å²) >= 11 is 0. The van der Waals surface area contributed by atoms with Gasteiger partial charge in [0.1, 0.15) is 4.75 Å². The van der Waals surface area contributed by atoms with Crippen LogP contribution in [0.3, 0.4) is 0 Å². The molecule has 1 N–H and O–H groups in total. The largest absolute Gasteiger partial charge is 1.00 e. The average Bonchev–Trinajstić information content (AvgIpc) is 2.43. The Kier molecular flexibility index (Phi) is 16.6. The molecular formula is C15H24Na2O7S. The van der Waals surface area contributed by atoms with Crippen LogP contribution in [0.15, 0.2) is 12.7 Å². The van der Waals surface area contributed by atoms with E-state index in [4.69, 9.17) is 0 Å². The van der Waals surface area contributed by atoms with Crippen molar-refractivity contribution in [3.63, 3.8) is 0 Å². The van der Waals surface area contributed by atoms with Crippen LogP contribution >= 0.6 is 0 Å². The molecule has 0 aromatic heterocycles. The van der Waals surface area contributed by atoms with Gasteiger partial charge in [0, 0.05) is 11.9 Å². The second-order valence-electron chi connectivity index (χ2n) is 5.67. The second kappa shape index (κ2) is 13.7. The quantitative estimate of drug-likeness (QED) is 0.198. The number of hydrogen-bond donors (Lipinski definition) is 1. The molecule has 0 bridgehead atoms. The zero-order valence-electron chi connectivity index (χ0n) is 15.5. The van der Waals surface area contributed by atoms with E-state index in [1.54, 1.807) is 6.92 Å². The van der Waals surface area contributed by atoms with Crippen LogP contribution in [-0.2, 0) is 19.7 Å². The SMILES string of the molecule is C=CCC(C(=O)[O-])(C(CC(CC)CCCC)C(=O)[O-])S(=O)(=O)O.[Na+].[Na+]. The Bertz CT molecular complexity index is 536. The molecule has 25 heavy (non-hydrogen) atoms. The first-order valence-corrected chi connectivity index (χ1v) is 9.02. The Labute approximate surface area is 194 Å². The van der Waals surface area contributed by atoms with Crippen molar-refractivity contribution in [3.05, 3.63) is 12.7 Å².